The van der Waals surface area contributed by atoms with Gasteiger partial charge in [0.2, 0.25) is 0 Å². The van der Waals surface area contributed by atoms with Crippen LogP contribution in [0.4, 0.5) is 11.4 Å². The highest BCUT2D eigenvalue weighted by Gasteiger charge is 2.21. The molecule has 0 aliphatic heterocycles. The first-order valence-electron chi connectivity index (χ1n) is 9.69. The molecule has 0 spiro atoms. The van der Waals surface area contributed by atoms with Crippen molar-refractivity contribution >= 4 is 44.7 Å². The number of benzene rings is 2. The summed E-state index contributed by atoms with van der Waals surface area (Å²) in [5.74, 6) is -0.170. The largest absolute Gasteiger partial charge is 0.497 e. The topological polar surface area (TPSA) is 102 Å². The molecule has 4 rings (SSSR count). The lowest BCUT2D eigenvalue weighted by Gasteiger charge is -2.12. The summed E-state index contributed by atoms with van der Waals surface area (Å²) in [5, 5.41) is 6.04. The summed E-state index contributed by atoms with van der Waals surface area (Å²) >= 11 is 1.14. The Bertz CT molecular complexity index is 1410. The van der Waals surface area contributed by atoms with Gasteiger partial charge in [0.25, 0.3) is 17.4 Å². The van der Waals surface area contributed by atoms with E-state index in [9.17, 15) is 14.4 Å². The van der Waals surface area contributed by atoms with E-state index >= 15 is 0 Å². The average molecular weight is 449 g/mol. The number of nitrogens with one attached hydrogen (secondary N) is 2. The van der Waals surface area contributed by atoms with E-state index in [-0.39, 0.29) is 11.5 Å². The first-order chi connectivity index (χ1) is 15.4. The molecule has 162 valence electrons. The molecule has 0 aliphatic rings. The quantitative estimate of drug-likeness (QED) is 0.483. The number of nitrogens with zero attached hydrogens (tertiary/aromatic N) is 2. The second-order valence-corrected chi connectivity index (χ2v) is 8.08. The molecule has 0 fully saturated rings. The lowest BCUT2D eigenvalue weighted by Crippen LogP contribution is -2.19. The molecule has 0 aliphatic carbocycles. The monoisotopic (exact) mass is 448 g/mol. The predicted molar refractivity (Wildman–Crippen MR) is 125 cm³/mol. The van der Waals surface area contributed by atoms with Gasteiger partial charge in [-0.2, -0.15) is 0 Å². The van der Waals surface area contributed by atoms with E-state index in [1.54, 1.807) is 69.6 Å². The van der Waals surface area contributed by atoms with Crippen LogP contribution >= 0.6 is 11.3 Å². The minimum absolute atomic E-state index is 0.208. The number of methoxy groups -OCH3 is 1. The molecule has 0 saturated heterocycles. The smallest absolute Gasteiger partial charge is 0.266 e. The minimum Gasteiger partial charge on any atom is -0.497 e. The summed E-state index contributed by atoms with van der Waals surface area (Å²) in [7, 11) is 3.16. The summed E-state index contributed by atoms with van der Waals surface area (Å²) in [4.78, 5) is 43.5. The number of rotatable bonds is 5. The summed E-state index contributed by atoms with van der Waals surface area (Å²) in [6.07, 6.45) is 1.43. The molecule has 9 heteroatoms. The minimum atomic E-state index is -0.408. The Labute approximate surface area is 187 Å². The molecular weight excluding hydrogens is 428 g/mol. The second kappa shape index (κ2) is 8.64. The number of anilines is 2. The van der Waals surface area contributed by atoms with E-state index in [0.717, 1.165) is 11.3 Å². The van der Waals surface area contributed by atoms with Crippen molar-refractivity contribution in [2.75, 3.05) is 17.7 Å². The number of para-hydroxylation sites is 1. The maximum atomic E-state index is 13.0. The summed E-state index contributed by atoms with van der Waals surface area (Å²) in [6.45, 7) is 1.72. The number of aryl methyl sites for hydroxylation is 2. The highest BCUT2D eigenvalue weighted by Crippen LogP contribution is 2.28. The Kier molecular flexibility index (Phi) is 5.74. The number of fused-ring (bicyclic) bond motifs is 1. The number of aromatic nitrogens is 2. The third-order valence-electron chi connectivity index (χ3n) is 4.96. The number of ether oxygens (including phenoxy) is 1. The van der Waals surface area contributed by atoms with Gasteiger partial charge in [0.1, 0.15) is 10.6 Å². The van der Waals surface area contributed by atoms with Gasteiger partial charge < -0.3 is 19.9 Å². The van der Waals surface area contributed by atoms with Crippen LogP contribution in [0.3, 0.4) is 0 Å². The fraction of sp³-hybridized carbons (Fsp3) is 0.130. The first kappa shape index (κ1) is 21.3. The Balaban J connectivity index is 1.62. The summed E-state index contributed by atoms with van der Waals surface area (Å²) < 4.78 is 6.56. The number of hydrogen-bond acceptors (Lipinski definition) is 6. The van der Waals surface area contributed by atoms with Crippen LogP contribution in [0.2, 0.25) is 0 Å². The number of carbonyl (C=O) groups excluding carboxylic acids is 2. The Morgan fingerprint density at radius 3 is 2.62 bits per heavy atom. The van der Waals surface area contributed by atoms with Crippen molar-refractivity contribution in [3.8, 4) is 5.75 Å². The van der Waals surface area contributed by atoms with Crippen molar-refractivity contribution in [1.82, 2.24) is 9.55 Å². The molecule has 8 nitrogen and oxygen atoms in total. The molecular formula is C23H20N4O4S. The van der Waals surface area contributed by atoms with Crippen LogP contribution in [-0.2, 0) is 7.05 Å². The van der Waals surface area contributed by atoms with E-state index in [0.29, 0.717) is 43.3 Å². The molecule has 2 aromatic heterocycles. The van der Waals surface area contributed by atoms with E-state index < -0.39 is 5.91 Å². The molecule has 0 atom stereocenters. The fourth-order valence-electron chi connectivity index (χ4n) is 3.29. The highest BCUT2D eigenvalue weighted by molar-refractivity contribution is 7.20. The third-order valence-corrected chi connectivity index (χ3v) is 6.16. The molecule has 0 bridgehead atoms. The Morgan fingerprint density at radius 2 is 1.84 bits per heavy atom. The van der Waals surface area contributed by atoms with Crippen molar-refractivity contribution < 1.29 is 14.3 Å². The molecule has 2 heterocycles. The van der Waals surface area contributed by atoms with E-state index in [1.807, 2.05) is 0 Å². The predicted octanol–water partition coefficient (Wildman–Crippen LogP) is 3.82. The molecule has 0 radical (unpaired) electrons. The van der Waals surface area contributed by atoms with Gasteiger partial charge in [-0.25, -0.2) is 4.98 Å². The first-order valence-corrected chi connectivity index (χ1v) is 10.5. The van der Waals surface area contributed by atoms with Gasteiger partial charge >= 0.3 is 0 Å². The molecule has 2 N–H and O–H groups in total. The van der Waals surface area contributed by atoms with Crippen molar-refractivity contribution in [1.29, 1.82) is 0 Å². The Hall–Kier alpha value is -3.98. The summed E-state index contributed by atoms with van der Waals surface area (Å²) in [5.41, 5.74) is 1.58. The third kappa shape index (κ3) is 3.97. The van der Waals surface area contributed by atoms with Gasteiger partial charge in [-0.1, -0.05) is 18.2 Å². The Morgan fingerprint density at radius 1 is 1.06 bits per heavy atom. The van der Waals surface area contributed by atoms with Crippen LogP contribution in [0.1, 0.15) is 25.6 Å². The average Bonchev–Trinajstić information content (AvgIpc) is 3.14. The standard InChI is InChI=1S/C23H20N4O4S/c1-13-18-22(24-12-27(2)23(18)30)32-19(13)21(29)26-17-10-5-4-9-16(17)20(28)25-14-7-6-8-15(11-14)31-3/h4-12H,1-3H3,(H,25,28)(H,26,29). The van der Waals surface area contributed by atoms with Gasteiger partial charge in [-0.15, -0.1) is 11.3 Å². The van der Waals surface area contributed by atoms with Gasteiger partial charge in [0, 0.05) is 18.8 Å². The van der Waals surface area contributed by atoms with Crippen LogP contribution in [-0.4, -0.2) is 28.5 Å². The van der Waals surface area contributed by atoms with Crippen molar-refractivity contribution in [2.24, 2.45) is 7.05 Å². The molecule has 2 aromatic carbocycles. The van der Waals surface area contributed by atoms with Gasteiger partial charge in [0.05, 0.1) is 35.0 Å². The number of hydrogen-bond donors (Lipinski definition) is 2. The number of carbonyl (C=O) groups is 2. The van der Waals surface area contributed by atoms with E-state index in [2.05, 4.69) is 15.6 Å². The molecule has 2 amide bonds. The normalized spacial score (nSPS) is 10.7. The highest BCUT2D eigenvalue weighted by atomic mass is 32.1. The maximum Gasteiger partial charge on any atom is 0.266 e. The van der Waals surface area contributed by atoms with Crippen LogP contribution < -0.4 is 20.9 Å². The molecule has 0 unspecified atom stereocenters. The van der Waals surface area contributed by atoms with Gasteiger partial charge in [-0.05, 0) is 36.8 Å². The van der Waals surface area contributed by atoms with Crippen LogP contribution in [0, 0.1) is 6.92 Å². The van der Waals surface area contributed by atoms with Gasteiger partial charge in [-0.3, -0.25) is 14.4 Å². The number of thiophene rings is 1. The van der Waals surface area contributed by atoms with Crippen LogP contribution in [0.25, 0.3) is 10.2 Å². The van der Waals surface area contributed by atoms with Crippen LogP contribution in [0.15, 0.2) is 59.7 Å². The van der Waals surface area contributed by atoms with Crippen molar-refractivity contribution in [3.05, 3.63) is 81.2 Å². The van der Waals surface area contributed by atoms with E-state index in [4.69, 9.17) is 4.74 Å². The lowest BCUT2D eigenvalue weighted by molar-refractivity contribution is 0.102. The molecule has 4 aromatic rings. The number of amides is 2. The molecule has 32 heavy (non-hydrogen) atoms. The fourth-order valence-corrected chi connectivity index (χ4v) is 4.33. The SMILES string of the molecule is COc1cccc(NC(=O)c2ccccc2NC(=O)c2sc3ncn(C)c(=O)c3c2C)c1. The zero-order valence-corrected chi connectivity index (χ0v) is 18.4. The summed E-state index contributed by atoms with van der Waals surface area (Å²) in [6, 6.07) is 13.7. The maximum absolute atomic E-state index is 13.0. The van der Waals surface area contributed by atoms with Crippen LogP contribution in [0.5, 0.6) is 5.75 Å². The van der Waals surface area contributed by atoms with Crippen molar-refractivity contribution in [3.63, 3.8) is 0 Å². The second-order valence-electron chi connectivity index (χ2n) is 7.08. The lowest BCUT2D eigenvalue weighted by atomic mass is 10.1. The van der Waals surface area contributed by atoms with Gasteiger partial charge in [0.15, 0.2) is 0 Å². The zero-order chi connectivity index (χ0) is 22.8. The zero-order valence-electron chi connectivity index (χ0n) is 17.6. The van der Waals surface area contributed by atoms with Crippen molar-refractivity contribution in [2.45, 2.75) is 6.92 Å². The van der Waals surface area contributed by atoms with E-state index in [1.165, 1.54) is 10.9 Å². The molecule has 0 saturated carbocycles.